The van der Waals surface area contributed by atoms with Gasteiger partial charge in [0.2, 0.25) is 0 Å². The molecule has 5 nitrogen and oxygen atoms in total. The van der Waals surface area contributed by atoms with Crippen LogP contribution in [0.5, 0.6) is 0 Å². The third-order valence-corrected chi connectivity index (χ3v) is 4.74. The van der Waals surface area contributed by atoms with Crippen molar-refractivity contribution in [3.63, 3.8) is 0 Å². The van der Waals surface area contributed by atoms with E-state index in [1.54, 1.807) is 12.4 Å². The van der Waals surface area contributed by atoms with E-state index in [1.807, 2.05) is 6.07 Å². The summed E-state index contributed by atoms with van der Waals surface area (Å²) in [6, 6.07) is 1.94. The fraction of sp³-hybridized carbons (Fsp3) is 0.571. The Hall–Kier alpha value is -1.43. The molecule has 0 spiro atoms. The second kappa shape index (κ2) is 7.38. The Morgan fingerprint density at radius 1 is 1.45 bits per heavy atom. The van der Waals surface area contributed by atoms with Crippen molar-refractivity contribution in [1.29, 1.82) is 0 Å². The molecule has 1 fully saturated rings. The SMILES string of the molecule is CCCNc1ccncc1C(=O)NC1CCS(=O)CC1. The quantitative estimate of drug-likeness (QED) is 0.864. The molecule has 0 aromatic carbocycles. The lowest BCUT2D eigenvalue weighted by Crippen LogP contribution is -2.39. The van der Waals surface area contributed by atoms with E-state index in [9.17, 15) is 9.00 Å². The Morgan fingerprint density at radius 2 is 2.20 bits per heavy atom. The molecule has 0 atom stereocenters. The maximum absolute atomic E-state index is 12.3. The summed E-state index contributed by atoms with van der Waals surface area (Å²) in [6.45, 7) is 2.91. The number of amides is 1. The maximum Gasteiger partial charge on any atom is 0.255 e. The molecule has 6 heteroatoms. The van der Waals surface area contributed by atoms with Crippen LogP contribution < -0.4 is 10.6 Å². The van der Waals surface area contributed by atoms with Gasteiger partial charge in [0.1, 0.15) is 0 Å². The summed E-state index contributed by atoms with van der Waals surface area (Å²) in [5.41, 5.74) is 1.39. The summed E-state index contributed by atoms with van der Waals surface area (Å²) in [5, 5.41) is 6.26. The molecule has 0 bridgehead atoms. The van der Waals surface area contributed by atoms with Gasteiger partial charge in [0, 0.05) is 47.3 Å². The molecule has 1 aromatic heterocycles. The molecule has 2 N–H and O–H groups in total. The first-order valence-corrected chi connectivity index (χ1v) is 8.53. The van der Waals surface area contributed by atoms with Crippen molar-refractivity contribution in [2.45, 2.75) is 32.2 Å². The van der Waals surface area contributed by atoms with Gasteiger partial charge in [-0.3, -0.25) is 14.0 Å². The van der Waals surface area contributed by atoms with Crippen molar-refractivity contribution in [2.75, 3.05) is 23.4 Å². The predicted octanol–water partition coefficient (Wildman–Crippen LogP) is 1.54. The minimum Gasteiger partial charge on any atom is -0.384 e. The molecule has 0 unspecified atom stereocenters. The lowest BCUT2D eigenvalue weighted by Gasteiger charge is -2.23. The summed E-state index contributed by atoms with van der Waals surface area (Å²) in [4.78, 5) is 16.3. The van der Waals surface area contributed by atoms with Gasteiger partial charge in [0.05, 0.1) is 11.3 Å². The number of nitrogens with zero attached hydrogens (tertiary/aromatic N) is 1. The third-order valence-electron chi connectivity index (χ3n) is 3.35. The third kappa shape index (κ3) is 4.03. The van der Waals surface area contributed by atoms with Gasteiger partial charge in [-0.05, 0) is 25.3 Å². The molecule has 1 saturated heterocycles. The van der Waals surface area contributed by atoms with Crippen LogP contribution in [0.4, 0.5) is 5.69 Å². The summed E-state index contributed by atoms with van der Waals surface area (Å²) in [6.07, 6.45) is 5.84. The molecule has 1 aliphatic heterocycles. The van der Waals surface area contributed by atoms with Gasteiger partial charge in [0.15, 0.2) is 0 Å². The Bertz CT molecular complexity index is 483. The van der Waals surface area contributed by atoms with Crippen molar-refractivity contribution in [1.82, 2.24) is 10.3 Å². The molecule has 2 heterocycles. The largest absolute Gasteiger partial charge is 0.384 e. The van der Waals surface area contributed by atoms with Crippen LogP contribution in [0.3, 0.4) is 0 Å². The number of hydrogen-bond acceptors (Lipinski definition) is 4. The minimum atomic E-state index is -0.705. The van der Waals surface area contributed by atoms with Crippen LogP contribution in [0.25, 0.3) is 0 Å². The summed E-state index contributed by atoms with van der Waals surface area (Å²) in [5.74, 6) is 1.26. The monoisotopic (exact) mass is 295 g/mol. The highest BCUT2D eigenvalue weighted by atomic mass is 32.2. The lowest BCUT2D eigenvalue weighted by atomic mass is 10.1. The molecule has 0 saturated carbocycles. The molecule has 1 aromatic rings. The zero-order valence-corrected chi connectivity index (χ0v) is 12.5. The van der Waals surface area contributed by atoms with Gasteiger partial charge in [-0.1, -0.05) is 6.92 Å². The summed E-state index contributed by atoms with van der Waals surface area (Å²) >= 11 is 0. The highest BCUT2D eigenvalue weighted by Gasteiger charge is 2.21. The van der Waals surface area contributed by atoms with Gasteiger partial charge in [0.25, 0.3) is 5.91 Å². The van der Waals surface area contributed by atoms with Crippen LogP contribution >= 0.6 is 0 Å². The lowest BCUT2D eigenvalue weighted by molar-refractivity contribution is 0.0935. The van der Waals surface area contributed by atoms with Crippen LogP contribution in [-0.4, -0.2) is 39.2 Å². The Balaban J connectivity index is 1.99. The van der Waals surface area contributed by atoms with Crippen LogP contribution in [-0.2, 0) is 10.8 Å². The first-order chi connectivity index (χ1) is 9.70. The van der Waals surface area contributed by atoms with Crippen LogP contribution in [0.1, 0.15) is 36.5 Å². The molecule has 2 rings (SSSR count). The number of rotatable bonds is 5. The maximum atomic E-state index is 12.3. The van der Waals surface area contributed by atoms with Gasteiger partial charge in [-0.2, -0.15) is 0 Å². The predicted molar refractivity (Wildman–Crippen MR) is 81.4 cm³/mol. The number of hydrogen-bond donors (Lipinski definition) is 2. The second-order valence-electron chi connectivity index (χ2n) is 4.94. The minimum absolute atomic E-state index is 0.102. The van der Waals surface area contributed by atoms with Crippen LogP contribution in [0, 0.1) is 0 Å². The fourth-order valence-electron chi connectivity index (χ4n) is 2.19. The number of carbonyl (C=O) groups excluding carboxylic acids is 1. The van der Waals surface area contributed by atoms with E-state index < -0.39 is 10.8 Å². The zero-order valence-electron chi connectivity index (χ0n) is 11.7. The standard InChI is InChI=1S/C14H21N3O2S/c1-2-6-16-13-3-7-15-10-12(13)14(18)17-11-4-8-20(19)9-5-11/h3,7,10-11H,2,4-6,8-9H2,1H3,(H,15,16)(H,17,18). The van der Waals surface area contributed by atoms with E-state index in [-0.39, 0.29) is 11.9 Å². The van der Waals surface area contributed by atoms with Crippen molar-refractivity contribution in [3.05, 3.63) is 24.0 Å². The van der Waals surface area contributed by atoms with E-state index in [4.69, 9.17) is 0 Å². The first-order valence-electron chi connectivity index (χ1n) is 7.04. The van der Waals surface area contributed by atoms with Crippen molar-refractivity contribution >= 4 is 22.4 Å². The fourth-order valence-corrected chi connectivity index (χ4v) is 3.49. The number of pyridine rings is 1. The molecule has 110 valence electrons. The first kappa shape index (κ1) is 15.0. The van der Waals surface area contributed by atoms with Gasteiger partial charge >= 0.3 is 0 Å². The smallest absolute Gasteiger partial charge is 0.255 e. The Kier molecular flexibility index (Phi) is 5.52. The van der Waals surface area contributed by atoms with E-state index in [1.165, 1.54) is 0 Å². The molecule has 20 heavy (non-hydrogen) atoms. The average Bonchev–Trinajstić information content (AvgIpc) is 2.47. The zero-order chi connectivity index (χ0) is 14.4. The normalized spacial score (nSPS) is 22.2. The highest BCUT2D eigenvalue weighted by Crippen LogP contribution is 2.15. The van der Waals surface area contributed by atoms with Gasteiger partial charge in [-0.15, -0.1) is 0 Å². The second-order valence-corrected chi connectivity index (χ2v) is 6.64. The molecular weight excluding hydrogens is 274 g/mol. The Morgan fingerprint density at radius 3 is 2.90 bits per heavy atom. The highest BCUT2D eigenvalue weighted by molar-refractivity contribution is 7.85. The molecule has 0 radical (unpaired) electrons. The molecular formula is C14H21N3O2S. The number of carbonyl (C=O) groups is 1. The number of aromatic nitrogens is 1. The van der Waals surface area contributed by atoms with Crippen LogP contribution in [0.15, 0.2) is 18.5 Å². The molecule has 1 amide bonds. The van der Waals surface area contributed by atoms with E-state index >= 15 is 0 Å². The van der Waals surface area contributed by atoms with Crippen molar-refractivity contribution in [2.24, 2.45) is 0 Å². The summed E-state index contributed by atoms with van der Waals surface area (Å²) < 4.78 is 11.3. The van der Waals surface area contributed by atoms with Crippen molar-refractivity contribution in [3.8, 4) is 0 Å². The average molecular weight is 295 g/mol. The topological polar surface area (TPSA) is 71.1 Å². The summed E-state index contributed by atoms with van der Waals surface area (Å²) in [7, 11) is -0.705. The van der Waals surface area contributed by atoms with E-state index in [0.29, 0.717) is 17.1 Å². The van der Waals surface area contributed by atoms with Crippen LogP contribution in [0.2, 0.25) is 0 Å². The molecule has 1 aliphatic rings. The van der Waals surface area contributed by atoms with E-state index in [2.05, 4.69) is 22.5 Å². The number of nitrogens with one attached hydrogen (secondary N) is 2. The van der Waals surface area contributed by atoms with E-state index in [0.717, 1.165) is 31.5 Å². The van der Waals surface area contributed by atoms with Crippen molar-refractivity contribution < 1.29 is 9.00 Å². The van der Waals surface area contributed by atoms with Gasteiger partial charge < -0.3 is 10.6 Å². The Labute approximate surface area is 122 Å². The number of anilines is 1. The van der Waals surface area contributed by atoms with Gasteiger partial charge in [-0.25, -0.2) is 0 Å². The molecule has 0 aliphatic carbocycles.